The van der Waals surface area contributed by atoms with Crippen molar-refractivity contribution in [3.63, 3.8) is 0 Å². The lowest BCUT2D eigenvalue weighted by Gasteiger charge is -2.17. The zero-order valence-corrected chi connectivity index (χ0v) is 17.0. The third kappa shape index (κ3) is 4.35. The number of nitrogens with one attached hydrogen (secondary N) is 1. The standard InChI is InChI=1S/C19H11Cl2F3N2O5/c1-7(17(28)25-13-3-2-12(22)15(23)16(13)24)31-14(27)6-26-18(29)8-4-10(20)11(21)5-9(8)19(26)30/h2-5,7H,6H2,1H3,(H,25,28). The van der Waals surface area contributed by atoms with Gasteiger partial charge in [0.15, 0.2) is 23.6 Å². The molecular weight excluding hydrogens is 464 g/mol. The van der Waals surface area contributed by atoms with E-state index < -0.39 is 59.5 Å². The molecule has 0 aliphatic carbocycles. The number of carbonyl (C=O) groups excluding carboxylic acids is 4. The first-order chi connectivity index (χ1) is 14.5. The van der Waals surface area contributed by atoms with Crippen LogP contribution in [0.4, 0.5) is 18.9 Å². The Labute approximate surface area is 182 Å². The van der Waals surface area contributed by atoms with Crippen molar-refractivity contribution < 1.29 is 37.1 Å². The third-order valence-corrected chi connectivity index (χ3v) is 4.99. The number of benzene rings is 2. The van der Waals surface area contributed by atoms with Gasteiger partial charge >= 0.3 is 5.97 Å². The van der Waals surface area contributed by atoms with Crippen molar-refractivity contribution in [2.24, 2.45) is 0 Å². The van der Waals surface area contributed by atoms with E-state index in [1.807, 2.05) is 5.32 Å². The number of nitrogens with zero attached hydrogens (tertiary/aromatic N) is 1. The van der Waals surface area contributed by atoms with Crippen LogP contribution in [0, 0.1) is 17.5 Å². The molecule has 31 heavy (non-hydrogen) atoms. The van der Waals surface area contributed by atoms with Gasteiger partial charge in [-0.2, -0.15) is 0 Å². The van der Waals surface area contributed by atoms with Gasteiger partial charge in [-0.15, -0.1) is 0 Å². The van der Waals surface area contributed by atoms with E-state index in [0.717, 1.165) is 13.0 Å². The zero-order valence-electron chi connectivity index (χ0n) is 15.5. The lowest BCUT2D eigenvalue weighted by atomic mass is 10.1. The molecule has 1 N–H and O–H groups in total. The van der Waals surface area contributed by atoms with Gasteiger partial charge in [0.05, 0.1) is 26.9 Å². The van der Waals surface area contributed by atoms with Crippen molar-refractivity contribution in [1.29, 1.82) is 0 Å². The van der Waals surface area contributed by atoms with Crippen LogP contribution in [0.1, 0.15) is 27.6 Å². The van der Waals surface area contributed by atoms with Crippen molar-refractivity contribution in [3.8, 4) is 0 Å². The molecule has 1 heterocycles. The largest absolute Gasteiger partial charge is 0.451 e. The molecule has 162 valence electrons. The summed E-state index contributed by atoms with van der Waals surface area (Å²) < 4.78 is 44.7. The molecule has 1 unspecified atom stereocenters. The predicted molar refractivity (Wildman–Crippen MR) is 102 cm³/mol. The van der Waals surface area contributed by atoms with Gasteiger partial charge in [0.1, 0.15) is 6.54 Å². The summed E-state index contributed by atoms with van der Waals surface area (Å²) in [6, 6.07) is 3.77. The Hall–Kier alpha value is -3.11. The summed E-state index contributed by atoms with van der Waals surface area (Å²) in [7, 11) is 0. The number of imide groups is 1. The number of ether oxygens (including phenoxy) is 1. The number of hydrogen-bond acceptors (Lipinski definition) is 5. The number of anilines is 1. The molecule has 1 aliphatic heterocycles. The Morgan fingerprint density at radius 3 is 2.13 bits per heavy atom. The number of hydrogen-bond donors (Lipinski definition) is 1. The van der Waals surface area contributed by atoms with Crippen LogP contribution in [0.2, 0.25) is 10.0 Å². The van der Waals surface area contributed by atoms with Crippen LogP contribution in [-0.2, 0) is 14.3 Å². The molecule has 3 amide bonds. The van der Waals surface area contributed by atoms with E-state index in [2.05, 4.69) is 0 Å². The van der Waals surface area contributed by atoms with E-state index in [1.54, 1.807) is 0 Å². The molecule has 0 fully saturated rings. The topological polar surface area (TPSA) is 92.8 Å². The molecular formula is C19H11Cl2F3N2O5. The number of carbonyl (C=O) groups is 4. The molecule has 2 aromatic carbocycles. The number of amides is 3. The van der Waals surface area contributed by atoms with Crippen LogP contribution in [0.5, 0.6) is 0 Å². The summed E-state index contributed by atoms with van der Waals surface area (Å²) in [5.41, 5.74) is -0.764. The van der Waals surface area contributed by atoms with E-state index in [9.17, 15) is 32.3 Å². The first kappa shape index (κ1) is 22.6. The van der Waals surface area contributed by atoms with Crippen molar-refractivity contribution >= 4 is 52.6 Å². The minimum atomic E-state index is -1.78. The van der Waals surface area contributed by atoms with Gasteiger partial charge in [0.2, 0.25) is 0 Å². The van der Waals surface area contributed by atoms with Gasteiger partial charge in [-0.05, 0) is 31.2 Å². The molecule has 0 saturated carbocycles. The van der Waals surface area contributed by atoms with Crippen LogP contribution in [0.15, 0.2) is 24.3 Å². The molecule has 1 aliphatic rings. The average molecular weight is 475 g/mol. The number of halogens is 5. The molecule has 12 heteroatoms. The summed E-state index contributed by atoms with van der Waals surface area (Å²) in [4.78, 5) is 49.5. The Kier molecular flexibility index (Phi) is 6.23. The fraction of sp³-hybridized carbons (Fsp3) is 0.158. The maximum absolute atomic E-state index is 13.7. The van der Waals surface area contributed by atoms with E-state index in [4.69, 9.17) is 27.9 Å². The maximum atomic E-state index is 13.7. The van der Waals surface area contributed by atoms with E-state index in [-0.39, 0.29) is 21.2 Å². The highest BCUT2D eigenvalue weighted by molar-refractivity contribution is 6.43. The third-order valence-electron chi connectivity index (χ3n) is 4.27. The lowest BCUT2D eigenvalue weighted by molar-refractivity contribution is -0.153. The number of rotatable bonds is 5. The second kappa shape index (κ2) is 8.56. The molecule has 0 saturated heterocycles. The maximum Gasteiger partial charge on any atom is 0.326 e. The first-order valence-electron chi connectivity index (χ1n) is 8.50. The van der Waals surface area contributed by atoms with Gasteiger partial charge in [-0.3, -0.25) is 24.1 Å². The highest BCUT2D eigenvalue weighted by Gasteiger charge is 2.38. The van der Waals surface area contributed by atoms with Gasteiger partial charge in [-0.1, -0.05) is 23.2 Å². The van der Waals surface area contributed by atoms with Crippen LogP contribution in [0.3, 0.4) is 0 Å². The fourth-order valence-corrected chi connectivity index (χ4v) is 3.03. The summed E-state index contributed by atoms with van der Waals surface area (Å²) in [6.45, 7) is 0.297. The Balaban J connectivity index is 1.64. The predicted octanol–water partition coefficient (Wildman–Crippen LogP) is 3.58. The minimum Gasteiger partial charge on any atom is -0.451 e. The van der Waals surface area contributed by atoms with Crippen molar-refractivity contribution in [2.45, 2.75) is 13.0 Å². The Morgan fingerprint density at radius 2 is 1.58 bits per heavy atom. The number of esters is 1. The van der Waals surface area contributed by atoms with Crippen LogP contribution < -0.4 is 5.32 Å². The zero-order chi connectivity index (χ0) is 23.0. The van der Waals surface area contributed by atoms with E-state index >= 15 is 0 Å². The Bertz CT molecular complexity index is 1100. The monoisotopic (exact) mass is 474 g/mol. The Morgan fingerprint density at radius 1 is 1.03 bits per heavy atom. The van der Waals surface area contributed by atoms with Gasteiger partial charge in [0, 0.05) is 0 Å². The van der Waals surface area contributed by atoms with Gasteiger partial charge in [0.25, 0.3) is 17.7 Å². The molecule has 0 bridgehead atoms. The molecule has 1 atom stereocenters. The summed E-state index contributed by atoms with van der Waals surface area (Å²) in [6.07, 6.45) is -1.51. The van der Waals surface area contributed by atoms with Crippen LogP contribution in [0.25, 0.3) is 0 Å². The summed E-state index contributed by atoms with van der Waals surface area (Å²) >= 11 is 11.7. The SMILES string of the molecule is CC(OC(=O)CN1C(=O)c2cc(Cl)c(Cl)cc2C1=O)C(=O)Nc1ccc(F)c(F)c1F. The van der Waals surface area contributed by atoms with Crippen molar-refractivity contribution in [1.82, 2.24) is 4.90 Å². The number of fused-ring (bicyclic) bond motifs is 1. The normalized spacial score (nSPS) is 13.8. The van der Waals surface area contributed by atoms with Crippen LogP contribution >= 0.6 is 23.2 Å². The average Bonchev–Trinajstić information content (AvgIpc) is 2.93. The second-order valence-electron chi connectivity index (χ2n) is 6.35. The fourth-order valence-electron chi connectivity index (χ4n) is 2.70. The minimum absolute atomic E-state index is 0.0424. The van der Waals surface area contributed by atoms with Crippen molar-refractivity contribution in [3.05, 3.63) is 62.9 Å². The quantitative estimate of drug-likeness (QED) is 0.406. The van der Waals surface area contributed by atoms with Crippen molar-refractivity contribution in [2.75, 3.05) is 11.9 Å². The molecule has 2 aromatic rings. The van der Waals surface area contributed by atoms with E-state index in [1.165, 1.54) is 12.1 Å². The van der Waals surface area contributed by atoms with Gasteiger partial charge < -0.3 is 10.1 Å². The molecule has 0 radical (unpaired) electrons. The molecule has 3 rings (SSSR count). The van der Waals surface area contributed by atoms with Gasteiger partial charge in [-0.25, -0.2) is 13.2 Å². The van der Waals surface area contributed by atoms with E-state index in [0.29, 0.717) is 11.0 Å². The smallest absolute Gasteiger partial charge is 0.326 e. The molecule has 0 aromatic heterocycles. The molecule has 0 spiro atoms. The summed E-state index contributed by atoms with van der Waals surface area (Å²) in [5, 5.41) is 2.03. The highest BCUT2D eigenvalue weighted by atomic mass is 35.5. The summed E-state index contributed by atoms with van der Waals surface area (Å²) in [5.74, 6) is -8.66. The molecule has 7 nitrogen and oxygen atoms in total. The first-order valence-corrected chi connectivity index (χ1v) is 9.26. The second-order valence-corrected chi connectivity index (χ2v) is 7.17. The highest BCUT2D eigenvalue weighted by Crippen LogP contribution is 2.31. The van der Waals surface area contributed by atoms with Crippen LogP contribution in [-0.4, -0.2) is 41.2 Å². The lowest BCUT2D eigenvalue weighted by Crippen LogP contribution is -2.38.